The summed E-state index contributed by atoms with van der Waals surface area (Å²) in [7, 11) is 0. The van der Waals surface area contributed by atoms with E-state index in [1.165, 1.54) is 0 Å². The van der Waals surface area contributed by atoms with Crippen LogP contribution in [0.1, 0.15) is 68.2 Å². The van der Waals surface area contributed by atoms with Gasteiger partial charge in [0.25, 0.3) is 0 Å². The van der Waals surface area contributed by atoms with E-state index >= 15 is 0 Å². The van der Waals surface area contributed by atoms with Gasteiger partial charge in [0.15, 0.2) is 0 Å². The molecule has 0 saturated carbocycles. The van der Waals surface area contributed by atoms with E-state index in [0.717, 1.165) is 26.1 Å². The van der Waals surface area contributed by atoms with Gasteiger partial charge in [-0.3, -0.25) is 0 Å². The zero-order chi connectivity index (χ0) is 13.7. The number of ether oxygens (including phenoxy) is 2. The van der Waals surface area contributed by atoms with Gasteiger partial charge in [-0.1, -0.05) is 13.8 Å². The minimum atomic E-state index is -0.0550. The molecule has 0 aromatic rings. The first-order chi connectivity index (χ1) is 7.54. The highest BCUT2D eigenvalue weighted by Gasteiger charge is 2.34. The lowest BCUT2D eigenvalue weighted by Gasteiger charge is -2.39. The van der Waals surface area contributed by atoms with Gasteiger partial charge in [-0.05, 0) is 59.8 Å². The van der Waals surface area contributed by atoms with Crippen molar-refractivity contribution in [1.29, 1.82) is 0 Å². The summed E-state index contributed by atoms with van der Waals surface area (Å²) in [5, 5.41) is 0. The van der Waals surface area contributed by atoms with Crippen molar-refractivity contribution >= 4 is 0 Å². The lowest BCUT2D eigenvalue weighted by Crippen LogP contribution is -2.37. The predicted molar refractivity (Wildman–Crippen MR) is 74.4 cm³/mol. The molecule has 2 heteroatoms. The molecule has 0 aliphatic carbocycles. The van der Waals surface area contributed by atoms with Crippen molar-refractivity contribution in [2.75, 3.05) is 13.2 Å². The Morgan fingerprint density at radius 1 is 0.647 bits per heavy atom. The number of rotatable bonds is 8. The van der Waals surface area contributed by atoms with Crippen LogP contribution in [0.15, 0.2) is 0 Å². The van der Waals surface area contributed by atoms with E-state index < -0.39 is 0 Å². The van der Waals surface area contributed by atoms with Crippen molar-refractivity contribution in [2.45, 2.75) is 79.4 Å². The van der Waals surface area contributed by atoms with Gasteiger partial charge in [0, 0.05) is 13.2 Å². The monoisotopic (exact) mass is 244 g/mol. The van der Waals surface area contributed by atoms with Crippen molar-refractivity contribution in [3.05, 3.63) is 0 Å². The van der Waals surface area contributed by atoms with Crippen molar-refractivity contribution in [3.63, 3.8) is 0 Å². The van der Waals surface area contributed by atoms with Gasteiger partial charge in [-0.25, -0.2) is 0 Å². The van der Waals surface area contributed by atoms with Crippen LogP contribution < -0.4 is 0 Å². The molecule has 0 aromatic carbocycles. The molecule has 17 heavy (non-hydrogen) atoms. The minimum Gasteiger partial charge on any atom is -0.376 e. The van der Waals surface area contributed by atoms with Gasteiger partial charge >= 0.3 is 0 Å². The molecule has 0 rings (SSSR count). The van der Waals surface area contributed by atoms with Gasteiger partial charge in [0.2, 0.25) is 0 Å². The Morgan fingerprint density at radius 2 is 0.941 bits per heavy atom. The SMILES string of the molecule is CCOC(C)(C)CC(C)(C)CC(C)(C)OCC. The Kier molecular flexibility index (Phi) is 6.16. The highest BCUT2D eigenvalue weighted by molar-refractivity contribution is 4.85. The van der Waals surface area contributed by atoms with Crippen LogP contribution >= 0.6 is 0 Å². The van der Waals surface area contributed by atoms with E-state index in [9.17, 15) is 0 Å². The number of hydrogen-bond donors (Lipinski definition) is 0. The second-order valence-corrected chi connectivity index (χ2v) is 6.90. The van der Waals surface area contributed by atoms with Crippen LogP contribution in [0, 0.1) is 5.41 Å². The molecule has 0 N–H and O–H groups in total. The maximum absolute atomic E-state index is 5.80. The first-order valence-electron chi connectivity index (χ1n) is 6.81. The Labute approximate surface area is 108 Å². The summed E-state index contributed by atoms with van der Waals surface area (Å²) in [6.07, 6.45) is 2.09. The highest BCUT2D eigenvalue weighted by atomic mass is 16.5. The molecule has 0 aromatic heterocycles. The molecular formula is C15H32O2. The smallest absolute Gasteiger partial charge is 0.0631 e. The van der Waals surface area contributed by atoms with Crippen molar-refractivity contribution in [3.8, 4) is 0 Å². The third-order valence-corrected chi connectivity index (χ3v) is 2.88. The maximum Gasteiger partial charge on any atom is 0.0631 e. The summed E-state index contributed by atoms with van der Waals surface area (Å²) in [5.74, 6) is 0. The van der Waals surface area contributed by atoms with Crippen LogP contribution in [0.25, 0.3) is 0 Å². The molecular weight excluding hydrogens is 212 g/mol. The molecule has 0 bridgehead atoms. The third kappa shape index (κ3) is 7.77. The fraction of sp³-hybridized carbons (Fsp3) is 1.00. The van der Waals surface area contributed by atoms with E-state index in [4.69, 9.17) is 9.47 Å². The molecule has 0 unspecified atom stereocenters. The third-order valence-electron chi connectivity index (χ3n) is 2.88. The van der Waals surface area contributed by atoms with Gasteiger partial charge in [0.05, 0.1) is 11.2 Å². The summed E-state index contributed by atoms with van der Waals surface area (Å²) in [6.45, 7) is 19.0. The first-order valence-corrected chi connectivity index (χ1v) is 6.81. The fourth-order valence-electron chi connectivity index (χ4n) is 3.25. The molecule has 0 aliphatic rings. The summed E-state index contributed by atoms with van der Waals surface area (Å²) < 4.78 is 11.6. The van der Waals surface area contributed by atoms with Crippen LogP contribution in [-0.4, -0.2) is 24.4 Å². The van der Waals surface area contributed by atoms with E-state index in [2.05, 4.69) is 55.4 Å². The minimum absolute atomic E-state index is 0.0550. The molecule has 104 valence electrons. The quantitative estimate of drug-likeness (QED) is 0.629. The Morgan fingerprint density at radius 3 is 1.18 bits per heavy atom. The molecule has 0 radical (unpaired) electrons. The molecule has 2 nitrogen and oxygen atoms in total. The Bertz CT molecular complexity index is 195. The molecule has 0 heterocycles. The second-order valence-electron chi connectivity index (χ2n) is 6.90. The first kappa shape index (κ1) is 16.9. The zero-order valence-electron chi connectivity index (χ0n) is 13.1. The van der Waals surface area contributed by atoms with E-state index in [1.807, 2.05) is 0 Å². The molecule has 0 amide bonds. The van der Waals surface area contributed by atoms with E-state index in [0.29, 0.717) is 0 Å². The second kappa shape index (κ2) is 6.19. The molecule has 0 spiro atoms. The summed E-state index contributed by atoms with van der Waals surface area (Å²) in [6, 6.07) is 0. The maximum atomic E-state index is 5.80. The molecule has 0 aliphatic heterocycles. The highest BCUT2D eigenvalue weighted by Crippen LogP contribution is 2.38. The van der Waals surface area contributed by atoms with Crippen LogP contribution in [0.4, 0.5) is 0 Å². The Balaban J connectivity index is 4.47. The van der Waals surface area contributed by atoms with Gasteiger partial charge < -0.3 is 9.47 Å². The van der Waals surface area contributed by atoms with Crippen molar-refractivity contribution < 1.29 is 9.47 Å². The normalized spacial score (nSPS) is 14.1. The predicted octanol–water partition coefficient (Wildman–Crippen LogP) is 4.42. The van der Waals surface area contributed by atoms with Crippen LogP contribution in [0.3, 0.4) is 0 Å². The standard InChI is InChI=1S/C15H32O2/c1-9-16-14(5,6)11-13(3,4)12-15(7,8)17-10-2/h9-12H2,1-8H3. The topological polar surface area (TPSA) is 18.5 Å². The average Bonchev–Trinajstić information content (AvgIpc) is 1.96. The van der Waals surface area contributed by atoms with Crippen LogP contribution in [0.2, 0.25) is 0 Å². The fourth-order valence-corrected chi connectivity index (χ4v) is 3.25. The van der Waals surface area contributed by atoms with Gasteiger partial charge in [-0.2, -0.15) is 0 Å². The molecule has 0 fully saturated rings. The van der Waals surface area contributed by atoms with E-state index in [1.54, 1.807) is 0 Å². The van der Waals surface area contributed by atoms with Crippen molar-refractivity contribution in [2.24, 2.45) is 5.41 Å². The van der Waals surface area contributed by atoms with Gasteiger partial charge in [0.1, 0.15) is 0 Å². The van der Waals surface area contributed by atoms with E-state index in [-0.39, 0.29) is 16.6 Å². The van der Waals surface area contributed by atoms with Gasteiger partial charge in [-0.15, -0.1) is 0 Å². The largest absolute Gasteiger partial charge is 0.376 e. The summed E-state index contributed by atoms with van der Waals surface area (Å²) >= 11 is 0. The summed E-state index contributed by atoms with van der Waals surface area (Å²) in [4.78, 5) is 0. The molecule has 0 atom stereocenters. The van der Waals surface area contributed by atoms with Crippen molar-refractivity contribution in [1.82, 2.24) is 0 Å². The van der Waals surface area contributed by atoms with Crippen LogP contribution in [-0.2, 0) is 9.47 Å². The Hall–Kier alpha value is -0.0800. The molecule has 0 saturated heterocycles. The number of hydrogen-bond acceptors (Lipinski definition) is 2. The summed E-state index contributed by atoms with van der Waals surface area (Å²) in [5.41, 5.74) is 0.110. The lowest BCUT2D eigenvalue weighted by atomic mass is 9.74. The lowest BCUT2D eigenvalue weighted by molar-refractivity contribution is -0.0743. The van der Waals surface area contributed by atoms with Crippen LogP contribution in [0.5, 0.6) is 0 Å². The average molecular weight is 244 g/mol. The zero-order valence-corrected chi connectivity index (χ0v) is 13.1.